The molecule has 0 amide bonds. The van der Waals surface area contributed by atoms with Crippen molar-refractivity contribution in [2.24, 2.45) is 22.7 Å². The first-order chi connectivity index (χ1) is 9.22. The molecule has 2 rings (SSSR count). The van der Waals surface area contributed by atoms with E-state index >= 15 is 0 Å². The number of carboxylic acid groups (broad SMARTS) is 4. The number of rotatable bonds is 4. The molecule has 0 bridgehead atoms. The van der Waals surface area contributed by atoms with E-state index in [1.165, 1.54) is 0 Å². The molecule has 3 unspecified atom stereocenters. The van der Waals surface area contributed by atoms with Crippen molar-refractivity contribution in [3.8, 4) is 0 Å². The molecule has 2 aliphatic rings. The van der Waals surface area contributed by atoms with E-state index in [0.717, 1.165) is 0 Å². The highest BCUT2D eigenvalue weighted by molar-refractivity contribution is 6.08. The summed E-state index contributed by atoms with van der Waals surface area (Å²) >= 11 is 0. The predicted molar refractivity (Wildman–Crippen MR) is 60.9 cm³/mol. The number of carboxylic acids is 4. The van der Waals surface area contributed by atoms with Crippen LogP contribution in [-0.2, 0) is 19.2 Å². The van der Waals surface area contributed by atoms with Gasteiger partial charge in [-0.05, 0) is 25.2 Å². The van der Waals surface area contributed by atoms with Gasteiger partial charge in [-0.25, -0.2) is 0 Å². The van der Waals surface area contributed by atoms with Crippen LogP contribution in [0.25, 0.3) is 0 Å². The molecule has 8 heteroatoms. The van der Waals surface area contributed by atoms with Crippen molar-refractivity contribution in [3.63, 3.8) is 0 Å². The number of aliphatic carboxylic acids is 4. The fourth-order valence-corrected chi connectivity index (χ4v) is 4.20. The van der Waals surface area contributed by atoms with Crippen LogP contribution in [0, 0.1) is 22.7 Å². The average molecular weight is 286 g/mol. The maximum atomic E-state index is 11.7. The molecule has 0 saturated heterocycles. The molecule has 0 heterocycles. The monoisotopic (exact) mass is 286 g/mol. The molecule has 2 saturated carbocycles. The first-order valence-corrected chi connectivity index (χ1v) is 6.16. The van der Waals surface area contributed by atoms with Crippen molar-refractivity contribution in [2.45, 2.75) is 25.7 Å². The van der Waals surface area contributed by atoms with Crippen LogP contribution in [0.5, 0.6) is 0 Å². The van der Waals surface area contributed by atoms with Gasteiger partial charge < -0.3 is 20.4 Å². The molecule has 110 valence electrons. The Kier molecular flexibility index (Phi) is 2.99. The highest BCUT2D eigenvalue weighted by atomic mass is 16.4. The molecule has 20 heavy (non-hydrogen) atoms. The standard InChI is InChI=1S/C12H14O8/c13-7(14)6-4-5-2-1-3-11(5,8(15)16)12(6,9(17)18)10(19)20/h5-6H,1-4H2,(H,13,14)(H,15,16)(H,17,18)(H,19,20). The van der Waals surface area contributed by atoms with E-state index < -0.39 is 46.5 Å². The maximum Gasteiger partial charge on any atom is 0.323 e. The lowest BCUT2D eigenvalue weighted by Crippen LogP contribution is -2.58. The number of hydrogen-bond donors (Lipinski definition) is 4. The first kappa shape index (κ1) is 14.3. The van der Waals surface area contributed by atoms with E-state index in [1.807, 2.05) is 0 Å². The van der Waals surface area contributed by atoms with E-state index in [-0.39, 0.29) is 12.8 Å². The van der Waals surface area contributed by atoms with Crippen LogP contribution in [0.3, 0.4) is 0 Å². The van der Waals surface area contributed by atoms with Crippen molar-refractivity contribution >= 4 is 23.9 Å². The Morgan fingerprint density at radius 2 is 1.45 bits per heavy atom. The Bertz CT molecular complexity index is 496. The minimum absolute atomic E-state index is 0.130. The van der Waals surface area contributed by atoms with E-state index in [2.05, 4.69) is 0 Å². The minimum atomic E-state index is -2.81. The minimum Gasteiger partial charge on any atom is -0.481 e. The Hall–Kier alpha value is -2.12. The van der Waals surface area contributed by atoms with E-state index in [9.17, 15) is 39.6 Å². The molecular weight excluding hydrogens is 272 g/mol. The Morgan fingerprint density at radius 1 is 0.900 bits per heavy atom. The molecule has 0 aromatic heterocycles. The Labute approximate surface area is 113 Å². The molecule has 3 atom stereocenters. The van der Waals surface area contributed by atoms with Gasteiger partial charge in [0, 0.05) is 0 Å². The van der Waals surface area contributed by atoms with Crippen LogP contribution < -0.4 is 0 Å². The summed E-state index contributed by atoms with van der Waals surface area (Å²) < 4.78 is 0. The molecule has 2 aliphatic carbocycles. The van der Waals surface area contributed by atoms with Crippen LogP contribution in [-0.4, -0.2) is 44.3 Å². The van der Waals surface area contributed by atoms with Gasteiger partial charge in [0.05, 0.1) is 11.3 Å². The van der Waals surface area contributed by atoms with Gasteiger partial charge >= 0.3 is 23.9 Å². The predicted octanol–water partition coefficient (Wildman–Crippen LogP) is 0.118. The van der Waals surface area contributed by atoms with Crippen LogP contribution in [0.15, 0.2) is 0 Å². The molecule has 0 aromatic carbocycles. The molecule has 0 aromatic rings. The van der Waals surface area contributed by atoms with Gasteiger partial charge in [-0.15, -0.1) is 0 Å². The van der Waals surface area contributed by atoms with Crippen LogP contribution >= 0.6 is 0 Å². The summed E-state index contributed by atoms with van der Waals surface area (Å²) in [6.07, 6.45) is 0.347. The van der Waals surface area contributed by atoms with Gasteiger partial charge in [0.1, 0.15) is 0 Å². The van der Waals surface area contributed by atoms with Gasteiger partial charge in [-0.3, -0.25) is 19.2 Å². The van der Waals surface area contributed by atoms with Gasteiger partial charge in [0.25, 0.3) is 0 Å². The largest absolute Gasteiger partial charge is 0.481 e. The third-order valence-corrected chi connectivity index (χ3v) is 4.92. The summed E-state index contributed by atoms with van der Waals surface area (Å²) in [7, 11) is 0. The first-order valence-electron chi connectivity index (χ1n) is 6.16. The van der Waals surface area contributed by atoms with Crippen molar-refractivity contribution < 1.29 is 39.6 Å². The maximum absolute atomic E-state index is 11.7. The van der Waals surface area contributed by atoms with Crippen molar-refractivity contribution in [3.05, 3.63) is 0 Å². The molecule has 8 nitrogen and oxygen atoms in total. The third kappa shape index (κ3) is 1.31. The molecule has 0 radical (unpaired) electrons. The van der Waals surface area contributed by atoms with Gasteiger partial charge in [-0.1, -0.05) is 6.42 Å². The summed E-state index contributed by atoms with van der Waals surface area (Å²) in [5.74, 6) is -9.36. The van der Waals surface area contributed by atoms with E-state index in [1.54, 1.807) is 0 Å². The van der Waals surface area contributed by atoms with E-state index in [0.29, 0.717) is 12.8 Å². The zero-order valence-electron chi connectivity index (χ0n) is 10.4. The normalized spacial score (nSPS) is 34.4. The van der Waals surface area contributed by atoms with Crippen LogP contribution in [0.1, 0.15) is 25.7 Å². The van der Waals surface area contributed by atoms with Gasteiger partial charge in [-0.2, -0.15) is 0 Å². The summed E-state index contributed by atoms with van der Waals surface area (Å²) in [4.78, 5) is 46.2. The Balaban J connectivity index is 2.78. The summed E-state index contributed by atoms with van der Waals surface area (Å²) in [6, 6.07) is 0. The summed E-state index contributed by atoms with van der Waals surface area (Å²) in [5, 5.41) is 37.5. The van der Waals surface area contributed by atoms with Gasteiger partial charge in [0.2, 0.25) is 0 Å². The van der Waals surface area contributed by atoms with Crippen molar-refractivity contribution in [2.75, 3.05) is 0 Å². The van der Waals surface area contributed by atoms with Gasteiger partial charge in [0.15, 0.2) is 5.41 Å². The highest BCUT2D eigenvalue weighted by Gasteiger charge is 2.79. The number of hydrogen-bond acceptors (Lipinski definition) is 4. The molecule has 0 spiro atoms. The van der Waals surface area contributed by atoms with Crippen molar-refractivity contribution in [1.82, 2.24) is 0 Å². The second kappa shape index (κ2) is 4.19. The number of carbonyl (C=O) groups is 4. The topological polar surface area (TPSA) is 149 Å². The van der Waals surface area contributed by atoms with Crippen molar-refractivity contribution in [1.29, 1.82) is 0 Å². The quantitative estimate of drug-likeness (QED) is 0.532. The lowest BCUT2D eigenvalue weighted by atomic mass is 9.60. The molecule has 4 N–H and O–H groups in total. The highest BCUT2D eigenvalue weighted by Crippen LogP contribution is 2.66. The molecular formula is C12H14O8. The lowest BCUT2D eigenvalue weighted by molar-refractivity contribution is -0.191. The van der Waals surface area contributed by atoms with Crippen LogP contribution in [0.4, 0.5) is 0 Å². The average Bonchev–Trinajstić information content (AvgIpc) is 2.81. The fourth-order valence-electron chi connectivity index (χ4n) is 4.20. The lowest BCUT2D eigenvalue weighted by Gasteiger charge is -2.38. The van der Waals surface area contributed by atoms with Crippen LogP contribution in [0.2, 0.25) is 0 Å². The zero-order chi connectivity index (χ0) is 15.3. The Morgan fingerprint density at radius 3 is 1.85 bits per heavy atom. The van der Waals surface area contributed by atoms with E-state index in [4.69, 9.17) is 0 Å². The molecule has 0 aliphatic heterocycles. The molecule has 2 fully saturated rings. The number of fused-ring (bicyclic) bond motifs is 1. The second-order valence-corrected chi connectivity index (χ2v) is 5.41. The smallest absolute Gasteiger partial charge is 0.323 e. The summed E-state index contributed by atoms with van der Waals surface area (Å²) in [6.45, 7) is 0. The zero-order valence-corrected chi connectivity index (χ0v) is 10.4. The summed E-state index contributed by atoms with van der Waals surface area (Å²) in [5.41, 5.74) is -4.86. The SMILES string of the molecule is O=C(O)C1CC2CCCC2(C(=O)O)C1(C(=O)O)C(=O)O. The fraction of sp³-hybridized carbons (Fsp3) is 0.667. The second-order valence-electron chi connectivity index (χ2n) is 5.41. The third-order valence-electron chi connectivity index (χ3n) is 4.92.